The summed E-state index contributed by atoms with van der Waals surface area (Å²) in [5.74, 6) is -0.429. The summed E-state index contributed by atoms with van der Waals surface area (Å²) in [6.07, 6.45) is 2.13. The van der Waals surface area contributed by atoms with Crippen LogP contribution in [0.1, 0.15) is 25.1 Å². The van der Waals surface area contributed by atoms with Gasteiger partial charge in [0.25, 0.3) is 5.56 Å². The predicted molar refractivity (Wildman–Crippen MR) is 84.1 cm³/mol. The molecule has 22 heavy (non-hydrogen) atoms. The molecular weight excluding hydrogens is 380 g/mol. The number of esters is 1. The Hall–Kier alpha value is -1.38. The van der Waals surface area contributed by atoms with E-state index in [0.29, 0.717) is 12.0 Å². The number of hydrogen-bond acceptors (Lipinski definition) is 5. The number of hydrogen-bond donors (Lipinski definition) is 1. The predicted octanol–water partition coefficient (Wildman–Crippen LogP) is 1.36. The average Bonchev–Trinajstić information content (AvgIpc) is 2.80. The number of aromatic nitrogens is 2. The highest BCUT2D eigenvalue weighted by atomic mass is 79.9. The first-order valence-electron chi connectivity index (χ1n) is 6.47. The molecule has 2 heterocycles. The molecule has 1 aliphatic heterocycles. The molecule has 1 aromatic heterocycles. The number of ether oxygens (including phenoxy) is 2. The Morgan fingerprint density at radius 2 is 2.36 bits per heavy atom. The maximum atomic E-state index is 11.9. The lowest BCUT2D eigenvalue weighted by Gasteiger charge is -2.16. The fourth-order valence-electron chi connectivity index (χ4n) is 2.11. The molecule has 2 rings (SSSR count). The van der Waals surface area contributed by atoms with Crippen molar-refractivity contribution < 1.29 is 14.3 Å². The van der Waals surface area contributed by atoms with Crippen LogP contribution in [0.4, 0.5) is 0 Å². The zero-order chi connectivity index (χ0) is 16.3. The van der Waals surface area contributed by atoms with Gasteiger partial charge < -0.3 is 9.47 Å². The van der Waals surface area contributed by atoms with Crippen molar-refractivity contribution in [1.29, 1.82) is 0 Å². The quantitative estimate of drug-likeness (QED) is 0.616. The van der Waals surface area contributed by atoms with Gasteiger partial charge in [-0.2, -0.15) is 0 Å². The van der Waals surface area contributed by atoms with Gasteiger partial charge in [0.05, 0.1) is 10.9 Å². The SMILES string of the molecule is CC(=O)OCC1OC(n2cc(/C=C/Br)c(=O)[nH]c2=O)CC1Cl. The van der Waals surface area contributed by atoms with E-state index < -0.39 is 34.9 Å². The Bertz CT molecular complexity index is 698. The Labute approximate surface area is 139 Å². The van der Waals surface area contributed by atoms with E-state index in [0.717, 1.165) is 0 Å². The van der Waals surface area contributed by atoms with Crippen molar-refractivity contribution >= 4 is 39.6 Å². The number of rotatable bonds is 4. The minimum Gasteiger partial charge on any atom is -0.463 e. The molecule has 0 amide bonds. The summed E-state index contributed by atoms with van der Waals surface area (Å²) in [5.41, 5.74) is -0.776. The lowest BCUT2D eigenvalue weighted by molar-refractivity contribution is -0.145. The van der Waals surface area contributed by atoms with Crippen LogP contribution in [0.5, 0.6) is 0 Å². The van der Waals surface area contributed by atoms with Crippen LogP contribution in [-0.2, 0) is 14.3 Å². The number of carbonyl (C=O) groups is 1. The number of carbonyl (C=O) groups excluding carboxylic acids is 1. The van der Waals surface area contributed by atoms with Gasteiger partial charge in [0.1, 0.15) is 18.9 Å². The lowest BCUT2D eigenvalue weighted by Crippen LogP contribution is -2.33. The molecule has 0 bridgehead atoms. The molecule has 9 heteroatoms. The van der Waals surface area contributed by atoms with Crippen LogP contribution in [-0.4, -0.2) is 33.6 Å². The van der Waals surface area contributed by atoms with Crippen LogP contribution < -0.4 is 11.2 Å². The molecule has 1 fully saturated rings. The van der Waals surface area contributed by atoms with Crippen LogP contribution in [0.15, 0.2) is 20.8 Å². The number of nitrogens with one attached hydrogen (secondary N) is 1. The molecule has 3 unspecified atom stereocenters. The molecule has 0 aromatic carbocycles. The van der Waals surface area contributed by atoms with E-state index in [1.807, 2.05) is 0 Å². The number of H-pyrrole nitrogens is 1. The number of halogens is 2. The third-order valence-corrected chi connectivity index (χ3v) is 3.88. The molecular formula is C13H14BrClN2O5. The largest absolute Gasteiger partial charge is 0.463 e. The first-order chi connectivity index (χ1) is 10.4. The van der Waals surface area contributed by atoms with E-state index in [4.69, 9.17) is 21.1 Å². The van der Waals surface area contributed by atoms with Crippen LogP contribution in [0, 0.1) is 0 Å². The fourth-order valence-corrected chi connectivity index (χ4v) is 2.68. The first-order valence-corrected chi connectivity index (χ1v) is 7.82. The molecule has 0 saturated carbocycles. The maximum absolute atomic E-state index is 11.9. The summed E-state index contributed by atoms with van der Waals surface area (Å²) < 4.78 is 11.8. The summed E-state index contributed by atoms with van der Waals surface area (Å²) in [5, 5.41) is -0.404. The summed E-state index contributed by atoms with van der Waals surface area (Å²) in [6, 6.07) is 0. The normalized spacial score (nSPS) is 24.8. The number of alkyl halides is 1. The molecule has 1 aliphatic rings. The Kier molecular flexibility index (Phi) is 5.60. The van der Waals surface area contributed by atoms with Gasteiger partial charge in [-0.3, -0.25) is 19.1 Å². The lowest BCUT2D eigenvalue weighted by atomic mass is 10.2. The van der Waals surface area contributed by atoms with Gasteiger partial charge in [0.2, 0.25) is 0 Å². The topological polar surface area (TPSA) is 90.4 Å². The highest BCUT2D eigenvalue weighted by Crippen LogP contribution is 2.31. The van der Waals surface area contributed by atoms with Crippen LogP contribution >= 0.6 is 27.5 Å². The highest BCUT2D eigenvalue weighted by Gasteiger charge is 2.36. The van der Waals surface area contributed by atoms with Crippen molar-refractivity contribution in [2.45, 2.75) is 31.1 Å². The van der Waals surface area contributed by atoms with Crippen LogP contribution in [0.25, 0.3) is 6.08 Å². The second kappa shape index (κ2) is 7.26. The van der Waals surface area contributed by atoms with Gasteiger partial charge in [0.15, 0.2) is 0 Å². The van der Waals surface area contributed by atoms with Gasteiger partial charge in [-0.15, -0.1) is 11.6 Å². The van der Waals surface area contributed by atoms with Crippen molar-refractivity contribution in [2.24, 2.45) is 0 Å². The Morgan fingerprint density at radius 3 is 3.00 bits per heavy atom. The molecule has 0 aliphatic carbocycles. The minimum absolute atomic E-state index is 0.0201. The van der Waals surface area contributed by atoms with Gasteiger partial charge in [-0.25, -0.2) is 4.79 Å². The molecule has 0 spiro atoms. The van der Waals surface area contributed by atoms with Crippen molar-refractivity contribution in [1.82, 2.24) is 9.55 Å². The van der Waals surface area contributed by atoms with E-state index in [1.54, 1.807) is 0 Å². The summed E-state index contributed by atoms with van der Waals surface area (Å²) in [6.45, 7) is 1.31. The van der Waals surface area contributed by atoms with E-state index in [-0.39, 0.29) is 6.61 Å². The van der Waals surface area contributed by atoms with E-state index in [9.17, 15) is 14.4 Å². The fraction of sp³-hybridized carbons (Fsp3) is 0.462. The zero-order valence-electron chi connectivity index (χ0n) is 11.6. The van der Waals surface area contributed by atoms with E-state index in [1.165, 1.54) is 28.7 Å². The second-order valence-electron chi connectivity index (χ2n) is 4.73. The van der Waals surface area contributed by atoms with E-state index in [2.05, 4.69) is 20.9 Å². The average molecular weight is 394 g/mol. The second-order valence-corrected chi connectivity index (χ2v) is 5.82. The summed E-state index contributed by atoms with van der Waals surface area (Å²) >= 11 is 9.24. The Balaban J connectivity index is 2.22. The van der Waals surface area contributed by atoms with Crippen LogP contribution in [0.3, 0.4) is 0 Å². The summed E-state index contributed by atoms with van der Waals surface area (Å²) in [4.78, 5) is 38.1. The van der Waals surface area contributed by atoms with Crippen molar-refractivity contribution in [3.63, 3.8) is 0 Å². The van der Waals surface area contributed by atoms with Crippen LogP contribution in [0.2, 0.25) is 0 Å². The van der Waals surface area contributed by atoms with Gasteiger partial charge >= 0.3 is 11.7 Å². The molecule has 7 nitrogen and oxygen atoms in total. The van der Waals surface area contributed by atoms with Crippen molar-refractivity contribution in [3.05, 3.63) is 37.6 Å². The molecule has 1 aromatic rings. The number of nitrogens with zero attached hydrogens (tertiary/aromatic N) is 1. The van der Waals surface area contributed by atoms with Gasteiger partial charge in [-0.1, -0.05) is 15.9 Å². The van der Waals surface area contributed by atoms with Crippen molar-refractivity contribution in [2.75, 3.05) is 6.61 Å². The zero-order valence-corrected chi connectivity index (χ0v) is 14.0. The summed E-state index contributed by atoms with van der Waals surface area (Å²) in [7, 11) is 0. The molecule has 1 N–H and O–H groups in total. The molecule has 1 saturated heterocycles. The third kappa shape index (κ3) is 3.88. The molecule has 3 atom stereocenters. The maximum Gasteiger partial charge on any atom is 0.330 e. The first kappa shape index (κ1) is 17.0. The third-order valence-electron chi connectivity index (χ3n) is 3.16. The van der Waals surface area contributed by atoms with E-state index >= 15 is 0 Å². The molecule has 120 valence electrons. The van der Waals surface area contributed by atoms with Gasteiger partial charge in [0, 0.05) is 19.5 Å². The molecule has 0 radical (unpaired) electrons. The standard InChI is InChI=1S/C13H14BrClN2O5/c1-7(18)21-6-10-9(15)4-11(22-10)17-5-8(2-3-14)12(19)16-13(17)20/h2-3,5,9-11H,4,6H2,1H3,(H,16,19,20)/b3-2+. The Morgan fingerprint density at radius 1 is 1.64 bits per heavy atom. The highest BCUT2D eigenvalue weighted by molar-refractivity contribution is 9.11. The van der Waals surface area contributed by atoms with Crippen molar-refractivity contribution in [3.8, 4) is 0 Å². The number of aromatic amines is 1. The van der Waals surface area contributed by atoms with Gasteiger partial charge in [-0.05, 0) is 11.1 Å². The monoisotopic (exact) mass is 392 g/mol. The smallest absolute Gasteiger partial charge is 0.330 e. The minimum atomic E-state index is -0.630.